The fourth-order valence-electron chi connectivity index (χ4n) is 2.60. The number of hydrogen-bond acceptors (Lipinski definition) is 2. The third-order valence-corrected chi connectivity index (χ3v) is 3.65. The molecule has 1 heterocycles. The minimum absolute atomic E-state index is 0.679. The molecule has 2 nitrogen and oxygen atoms in total. The van der Waals surface area contributed by atoms with Gasteiger partial charge in [-0.15, -0.1) is 0 Å². The average molecular weight is 230 g/mol. The van der Waals surface area contributed by atoms with Gasteiger partial charge in [0.2, 0.25) is 0 Å². The molecule has 2 heteroatoms. The molecule has 92 valence electrons. The van der Waals surface area contributed by atoms with Crippen molar-refractivity contribution in [2.24, 2.45) is 11.7 Å². The molecule has 0 amide bonds. The average Bonchev–Trinajstić information content (AvgIpc) is 2.39. The molecule has 1 fully saturated rings. The largest absolute Gasteiger partial charge is 0.327 e. The molecule has 2 N–H and O–H groups in total. The number of nitrogens with zero attached hydrogens (tertiary/aromatic N) is 1. The molecule has 0 saturated heterocycles. The Bertz CT molecular complexity index is 372. The predicted octanol–water partition coefficient (Wildman–Crippen LogP) is 3.31. The highest BCUT2D eigenvalue weighted by Crippen LogP contribution is 2.30. The fraction of sp³-hybridized carbons (Fsp3) is 0.533. The molecule has 0 atom stereocenters. The SMILES string of the molecule is Cc1ccc(/C=C(/CN)C2CCCCC2)cn1. The van der Waals surface area contributed by atoms with Crippen LogP contribution in [0.15, 0.2) is 23.9 Å². The molecule has 0 unspecified atom stereocenters. The fourth-order valence-corrected chi connectivity index (χ4v) is 2.60. The molecule has 1 aromatic heterocycles. The molecule has 1 aliphatic carbocycles. The van der Waals surface area contributed by atoms with Crippen molar-refractivity contribution in [3.63, 3.8) is 0 Å². The molecule has 1 saturated carbocycles. The van der Waals surface area contributed by atoms with Crippen LogP contribution in [0.2, 0.25) is 0 Å². The van der Waals surface area contributed by atoms with E-state index in [2.05, 4.69) is 23.2 Å². The van der Waals surface area contributed by atoms with Gasteiger partial charge in [-0.3, -0.25) is 4.98 Å². The van der Waals surface area contributed by atoms with Crippen LogP contribution >= 0.6 is 0 Å². The number of nitrogens with two attached hydrogens (primary N) is 1. The summed E-state index contributed by atoms with van der Waals surface area (Å²) in [6, 6.07) is 4.18. The molecular formula is C15H22N2. The van der Waals surface area contributed by atoms with Crippen molar-refractivity contribution in [1.29, 1.82) is 0 Å². The van der Waals surface area contributed by atoms with Crippen LogP contribution in [0, 0.1) is 12.8 Å². The smallest absolute Gasteiger partial charge is 0.0373 e. The molecule has 17 heavy (non-hydrogen) atoms. The highest BCUT2D eigenvalue weighted by Gasteiger charge is 2.16. The van der Waals surface area contributed by atoms with Crippen LogP contribution < -0.4 is 5.73 Å². The van der Waals surface area contributed by atoms with Gasteiger partial charge in [-0.25, -0.2) is 0 Å². The second-order valence-corrected chi connectivity index (χ2v) is 4.99. The first kappa shape index (κ1) is 12.3. The molecule has 0 aromatic carbocycles. The van der Waals surface area contributed by atoms with Crippen LogP contribution in [0.25, 0.3) is 6.08 Å². The summed E-state index contributed by atoms with van der Waals surface area (Å²) in [5.74, 6) is 0.704. The van der Waals surface area contributed by atoms with Crippen LogP contribution in [-0.4, -0.2) is 11.5 Å². The van der Waals surface area contributed by atoms with E-state index in [1.165, 1.54) is 43.2 Å². The summed E-state index contributed by atoms with van der Waals surface area (Å²) >= 11 is 0. The summed E-state index contributed by atoms with van der Waals surface area (Å²) in [5, 5.41) is 0. The lowest BCUT2D eigenvalue weighted by atomic mass is 9.83. The van der Waals surface area contributed by atoms with Crippen molar-refractivity contribution in [3.05, 3.63) is 35.2 Å². The maximum absolute atomic E-state index is 5.89. The van der Waals surface area contributed by atoms with Gasteiger partial charge in [-0.05, 0) is 37.3 Å². The van der Waals surface area contributed by atoms with E-state index in [9.17, 15) is 0 Å². The van der Waals surface area contributed by atoms with Gasteiger partial charge in [0.1, 0.15) is 0 Å². The molecule has 0 bridgehead atoms. The Kier molecular flexibility index (Phi) is 4.32. The molecular weight excluding hydrogens is 208 g/mol. The van der Waals surface area contributed by atoms with Crippen LogP contribution in [0.5, 0.6) is 0 Å². The first-order valence-corrected chi connectivity index (χ1v) is 6.63. The second kappa shape index (κ2) is 5.97. The summed E-state index contributed by atoms with van der Waals surface area (Å²) < 4.78 is 0. The van der Waals surface area contributed by atoms with Crippen molar-refractivity contribution < 1.29 is 0 Å². The normalized spacial score (nSPS) is 18.4. The van der Waals surface area contributed by atoms with E-state index in [1.54, 1.807) is 0 Å². The lowest BCUT2D eigenvalue weighted by molar-refractivity contribution is 0.401. The molecule has 0 radical (unpaired) electrons. The number of hydrogen-bond donors (Lipinski definition) is 1. The van der Waals surface area contributed by atoms with Crippen LogP contribution in [-0.2, 0) is 0 Å². The second-order valence-electron chi connectivity index (χ2n) is 4.99. The van der Waals surface area contributed by atoms with E-state index < -0.39 is 0 Å². The van der Waals surface area contributed by atoms with Gasteiger partial charge in [-0.2, -0.15) is 0 Å². The first-order valence-electron chi connectivity index (χ1n) is 6.63. The van der Waals surface area contributed by atoms with Crippen molar-refractivity contribution in [1.82, 2.24) is 4.98 Å². The maximum atomic E-state index is 5.89. The highest BCUT2D eigenvalue weighted by atomic mass is 14.7. The minimum Gasteiger partial charge on any atom is -0.327 e. The van der Waals surface area contributed by atoms with Gasteiger partial charge in [0.05, 0.1) is 0 Å². The number of pyridine rings is 1. The van der Waals surface area contributed by atoms with E-state index >= 15 is 0 Å². The summed E-state index contributed by atoms with van der Waals surface area (Å²) in [4.78, 5) is 4.33. The Morgan fingerprint density at radius 3 is 2.71 bits per heavy atom. The zero-order valence-electron chi connectivity index (χ0n) is 10.7. The Morgan fingerprint density at radius 1 is 1.35 bits per heavy atom. The predicted molar refractivity (Wildman–Crippen MR) is 72.6 cm³/mol. The third-order valence-electron chi connectivity index (χ3n) is 3.65. The third kappa shape index (κ3) is 3.40. The Labute approximate surface area is 104 Å². The first-order chi connectivity index (χ1) is 8.29. The van der Waals surface area contributed by atoms with Gasteiger partial charge < -0.3 is 5.73 Å². The Morgan fingerprint density at radius 2 is 2.12 bits per heavy atom. The van der Waals surface area contributed by atoms with E-state index in [1.807, 2.05) is 13.1 Å². The van der Waals surface area contributed by atoms with E-state index in [0.29, 0.717) is 12.5 Å². The number of rotatable bonds is 3. The minimum atomic E-state index is 0.679. The van der Waals surface area contributed by atoms with E-state index in [-0.39, 0.29) is 0 Å². The van der Waals surface area contributed by atoms with Crippen molar-refractivity contribution in [2.45, 2.75) is 39.0 Å². The molecule has 1 aliphatic rings. The lowest BCUT2D eigenvalue weighted by Crippen LogP contribution is -2.16. The van der Waals surface area contributed by atoms with Crippen LogP contribution in [0.3, 0.4) is 0 Å². The zero-order valence-corrected chi connectivity index (χ0v) is 10.7. The Balaban J connectivity index is 2.13. The lowest BCUT2D eigenvalue weighted by Gasteiger charge is -2.23. The molecule has 0 spiro atoms. The summed E-state index contributed by atoms with van der Waals surface area (Å²) in [6.07, 6.45) is 10.9. The number of aromatic nitrogens is 1. The van der Waals surface area contributed by atoms with Crippen LogP contribution in [0.4, 0.5) is 0 Å². The Hall–Kier alpha value is -1.15. The van der Waals surface area contributed by atoms with E-state index in [0.717, 1.165) is 5.69 Å². The monoisotopic (exact) mass is 230 g/mol. The van der Waals surface area contributed by atoms with E-state index in [4.69, 9.17) is 5.73 Å². The highest BCUT2D eigenvalue weighted by molar-refractivity contribution is 5.53. The molecule has 0 aliphatic heterocycles. The topological polar surface area (TPSA) is 38.9 Å². The molecule has 2 rings (SSSR count). The van der Waals surface area contributed by atoms with Gasteiger partial charge >= 0.3 is 0 Å². The van der Waals surface area contributed by atoms with Crippen LogP contribution in [0.1, 0.15) is 43.4 Å². The van der Waals surface area contributed by atoms with Crippen molar-refractivity contribution in [3.8, 4) is 0 Å². The van der Waals surface area contributed by atoms with Crippen molar-refractivity contribution in [2.75, 3.05) is 6.54 Å². The maximum Gasteiger partial charge on any atom is 0.0373 e. The van der Waals surface area contributed by atoms with Gasteiger partial charge in [0.25, 0.3) is 0 Å². The standard InChI is InChI=1S/C15H22N2/c1-12-7-8-13(11-17-12)9-15(10-16)14-5-3-2-4-6-14/h7-9,11,14H,2-6,10,16H2,1H3/b15-9-. The van der Waals surface area contributed by atoms with Gasteiger partial charge in [0.15, 0.2) is 0 Å². The van der Waals surface area contributed by atoms with Crippen molar-refractivity contribution >= 4 is 6.08 Å². The number of aryl methyl sites for hydroxylation is 1. The quantitative estimate of drug-likeness (QED) is 0.865. The zero-order chi connectivity index (χ0) is 12.1. The summed E-state index contributed by atoms with van der Waals surface area (Å²) in [5.41, 5.74) is 9.54. The molecule has 1 aromatic rings. The van der Waals surface area contributed by atoms with Gasteiger partial charge in [0, 0.05) is 18.4 Å². The summed E-state index contributed by atoms with van der Waals surface area (Å²) in [6.45, 7) is 2.69. The van der Waals surface area contributed by atoms with Gasteiger partial charge in [-0.1, -0.05) is 37.0 Å². The summed E-state index contributed by atoms with van der Waals surface area (Å²) in [7, 11) is 0.